The summed E-state index contributed by atoms with van der Waals surface area (Å²) >= 11 is 0. The lowest BCUT2D eigenvalue weighted by atomic mass is 9.79. The smallest absolute Gasteiger partial charge is 0.466 e. The molecule has 0 N–H and O–H groups in total. The molecule has 1 saturated carbocycles. The molecular weight excluding hydrogens is 208 g/mol. The summed E-state index contributed by atoms with van der Waals surface area (Å²) in [4.78, 5) is 11.3. The van der Waals surface area contributed by atoms with E-state index < -0.39 is 30.6 Å². The highest BCUT2D eigenvalue weighted by molar-refractivity contribution is 6.62. The molecule has 0 saturated heterocycles. The normalized spacial score (nSPS) is 30.5. The Morgan fingerprint density at radius 1 is 1.40 bits per heavy atom. The Balaban J connectivity index is 2.70. The molecule has 3 unspecified atom stereocenters. The van der Waals surface area contributed by atoms with Gasteiger partial charge in [-0.15, -0.1) is 0 Å². The average molecular weight is 223 g/mol. The third-order valence-corrected chi connectivity index (χ3v) is 2.90. The molecule has 1 fully saturated rings. The molecule has 0 aliphatic heterocycles. The van der Waals surface area contributed by atoms with Crippen LogP contribution >= 0.6 is 0 Å². The second-order valence-corrected chi connectivity index (χ2v) is 4.30. The summed E-state index contributed by atoms with van der Waals surface area (Å²) in [7, 11) is 0. The van der Waals surface area contributed by atoms with E-state index >= 15 is 0 Å². The van der Waals surface area contributed by atoms with Crippen molar-refractivity contribution >= 4 is 12.9 Å². The highest BCUT2D eigenvalue weighted by Crippen LogP contribution is 2.62. The molecule has 0 radical (unpaired) electrons. The van der Waals surface area contributed by atoms with E-state index in [2.05, 4.69) is 4.74 Å². The summed E-state index contributed by atoms with van der Waals surface area (Å²) in [6.45, 7) is 0.222. The van der Waals surface area contributed by atoms with Gasteiger partial charge in [-0.3, -0.25) is 4.79 Å². The van der Waals surface area contributed by atoms with E-state index in [1.807, 2.05) is 0 Å². The third kappa shape index (κ3) is 2.47. The molecule has 0 spiro atoms. The monoisotopic (exact) mass is 223 g/mol. The van der Waals surface area contributed by atoms with Crippen molar-refractivity contribution in [2.24, 2.45) is 17.8 Å². The van der Waals surface area contributed by atoms with Gasteiger partial charge >= 0.3 is 12.9 Å². The van der Waals surface area contributed by atoms with Crippen molar-refractivity contribution in [1.29, 1.82) is 0 Å². The van der Waals surface area contributed by atoms with Crippen LogP contribution in [0, 0.1) is 17.8 Å². The van der Waals surface area contributed by atoms with Crippen molar-refractivity contribution in [3.8, 4) is 0 Å². The largest absolute Gasteiger partial charge is 0.482 e. The van der Waals surface area contributed by atoms with Crippen molar-refractivity contribution in [2.45, 2.75) is 26.6 Å². The van der Waals surface area contributed by atoms with Crippen LogP contribution < -0.4 is 0 Å². The summed E-state index contributed by atoms with van der Waals surface area (Å²) in [6, 6.07) is 0. The number of halogens is 3. The molecule has 0 heterocycles. The number of ether oxygens (including phenoxy) is 1. The molecule has 0 aromatic rings. The van der Waals surface area contributed by atoms with Crippen molar-refractivity contribution in [3.05, 3.63) is 0 Å². The minimum absolute atomic E-state index is 0.132. The Labute approximate surface area is 87.2 Å². The highest BCUT2D eigenvalue weighted by atomic mass is 19.4. The highest BCUT2D eigenvalue weighted by Gasteiger charge is 2.63. The van der Waals surface area contributed by atoms with Crippen LogP contribution in [0.1, 0.15) is 20.8 Å². The van der Waals surface area contributed by atoms with Crippen molar-refractivity contribution in [3.63, 3.8) is 0 Å². The van der Waals surface area contributed by atoms with Gasteiger partial charge < -0.3 is 17.7 Å². The molecule has 0 amide bonds. The Kier molecular flexibility index (Phi) is 3.36. The van der Waals surface area contributed by atoms with Crippen molar-refractivity contribution in [2.75, 3.05) is 6.61 Å². The Morgan fingerprint density at radius 2 is 1.93 bits per heavy atom. The number of esters is 1. The molecule has 0 bridgehead atoms. The number of carbonyl (C=O) groups excluding carboxylic acids is 1. The minimum Gasteiger partial charge on any atom is -0.466 e. The van der Waals surface area contributed by atoms with Gasteiger partial charge in [-0.05, 0) is 18.8 Å². The first-order valence-electron chi connectivity index (χ1n) is 5.17. The Hall–Kier alpha value is -0.675. The number of carbonyl (C=O) groups is 1. The molecule has 6 heteroatoms. The number of rotatable bonds is 4. The van der Waals surface area contributed by atoms with Crippen LogP contribution in [0.25, 0.3) is 0 Å². The van der Waals surface area contributed by atoms with Gasteiger partial charge in [0.15, 0.2) is 0 Å². The van der Waals surface area contributed by atoms with Crippen LogP contribution in [0.2, 0.25) is 5.82 Å². The van der Waals surface area contributed by atoms with Crippen molar-refractivity contribution in [1.82, 2.24) is 0 Å². The molecule has 1 rings (SSSR count). The molecule has 1 aliphatic rings. The van der Waals surface area contributed by atoms with E-state index in [0.29, 0.717) is 0 Å². The van der Waals surface area contributed by atoms with E-state index in [-0.39, 0.29) is 12.5 Å². The maximum Gasteiger partial charge on any atom is 0.482 e. The van der Waals surface area contributed by atoms with Gasteiger partial charge in [0, 0.05) is 5.92 Å². The van der Waals surface area contributed by atoms with Gasteiger partial charge in [-0.2, -0.15) is 0 Å². The minimum atomic E-state index is -4.92. The van der Waals surface area contributed by atoms with Gasteiger partial charge in [-0.25, -0.2) is 0 Å². The van der Waals surface area contributed by atoms with E-state index in [1.165, 1.54) is 0 Å². The van der Waals surface area contributed by atoms with Gasteiger partial charge in [0.1, 0.15) is 0 Å². The fourth-order valence-electron chi connectivity index (χ4n) is 2.26. The molecule has 0 aromatic heterocycles. The van der Waals surface area contributed by atoms with Crippen LogP contribution in [0.3, 0.4) is 0 Å². The van der Waals surface area contributed by atoms with Crippen LogP contribution in [0.4, 0.5) is 12.9 Å². The van der Waals surface area contributed by atoms with Crippen LogP contribution in [0.5, 0.6) is 0 Å². The average Bonchev–Trinajstić information content (AvgIpc) is 2.77. The molecule has 2 nitrogen and oxygen atoms in total. The van der Waals surface area contributed by atoms with Crippen LogP contribution in [-0.4, -0.2) is 19.6 Å². The van der Waals surface area contributed by atoms with Crippen LogP contribution in [0.15, 0.2) is 0 Å². The van der Waals surface area contributed by atoms with Gasteiger partial charge in [0.05, 0.1) is 6.61 Å². The Morgan fingerprint density at radius 3 is 2.20 bits per heavy atom. The first-order chi connectivity index (χ1) is 6.80. The lowest BCUT2D eigenvalue weighted by Gasteiger charge is -2.13. The molecule has 1 aliphatic carbocycles. The molecular formula is C9H15BF3O2-. The SMILES string of the molecule is CCOC(=O)C1C(C(C)C)C1[B-](F)(F)F. The van der Waals surface area contributed by atoms with E-state index in [0.717, 1.165) is 0 Å². The molecule has 0 aromatic carbocycles. The maximum absolute atomic E-state index is 12.6. The fraction of sp³-hybridized carbons (Fsp3) is 0.889. The fourth-order valence-corrected chi connectivity index (χ4v) is 2.26. The second kappa shape index (κ2) is 4.06. The zero-order chi connectivity index (χ0) is 11.8. The van der Waals surface area contributed by atoms with Crippen molar-refractivity contribution < 1.29 is 22.5 Å². The van der Waals surface area contributed by atoms with Gasteiger partial charge in [0.25, 0.3) is 0 Å². The Bertz CT molecular complexity index is 252. The summed E-state index contributed by atoms with van der Waals surface area (Å²) < 4.78 is 42.3. The molecule has 3 atom stereocenters. The van der Waals surface area contributed by atoms with E-state index in [4.69, 9.17) is 0 Å². The summed E-state index contributed by atoms with van der Waals surface area (Å²) in [5, 5.41) is 0. The van der Waals surface area contributed by atoms with E-state index in [9.17, 15) is 17.7 Å². The first kappa shape index (κ1) is 12.4. The standard InChI is InChI=1S/C9H15BF3O2/c1-4-15-9(14)7-6(5(2)3)8(7)10(11,12)13/h5-8H,4H2,1-3H3/q-1. The summed E-state index contributed by atoms with van der Waals surface area (Å²) in [5.74, 6) is -3.80. The van der Waals surface area contributed by atoms with E-state index in [1.54, 1.807) is 20.8 Å². The quantitative estimate of drug-likeness (QED) is 0.540. The third-order valence-electron chi connectivity index (χ3n) is 2.90. The summed E-state index contributed by atoms with van der Waals surface area (Å²) in [6.07, 6.45) is 0. The van der Waals surface area contributed by atoms with Gasteiger partial charge in [-0.1, -0.05) is 19.7 Å². The molecule has 15 heavy (non-hydrogen) atoms. The zero-order valence-corrected chi connectivity index (χ0v) is 9.04. The summed E-state index contributed by atoms with van der Waals surface area (Å²) in [5.41, 5.74) is 0. The lowest BCUT2D eigenvalue weighted by Crippen LogP contribution is -2.19. The zero-order valence-electron chi connectivity index (χ0n) is 9.04. The molecule has 88 valence electrons. The second-order valence-electron chi connectivity index (χ2n) is 4.30. The van der Waals surface area contributed by atoms with Crippen LogP contribution in [-0.2, 0) is 9.53 Å². The predicted molar refractivity (Wildman–Crippen MR) is 51.3 cm³/mol. The predicted octanol–water partition coefficient (Wildman–Crippen LogP) is 2.67. The van der Waals surface area contributed by atoms with Gasteiger partial charge in [0.2, 0.25) is 0 Å². The number of hydrogen-bond donors (Lipinski definition) is 0. The first-order valence-corrected chi connectivity index (χ1v) is 5.17. The maximum atomic E-state index is 12.6. The number of hydrogen-bond acceptors (Lipinski definition) is 2. The lowest BCUT2D eigenvalue weighted by molar-refractivity contribution is -0.145. The topological polar surface area (TPSA) is 26.3 Å².